The van der Waals surface area contributed by atoms with Gasteiger partial charge in [0.05, 0.1) is 16.7 Å². The van der Waals surface area contributed by atoms with E-state index >= 15 is 0 Å². The highest BCUT2D eigenvalue weighted by Gasteiger charge is 2.18. The molecule has 6 aromatic carbocycles. The fraction of sp³-hybridized carbons (Fsp3) is 0. The van der Waals surface area contributed by atoms with E-state index in [1.54, 1.807) is 0 Å². The number of para-hydroxylation sites is 4. The largest absolute Gasteiger partial charge is 0.455 e. The summed E-state index contributed by atoms with van der Waals surface area (Å²) in [5.74, 6) is 0.869. The maximum Gasteiger partial charge on any atom is 0.143 e. The molecule has 0 saturated heterocycles. The first kappa shape index (κ1) is 24.6. The smallest absolute Gasteiger partial charge is 0.143 e. The maximum absolute atomic E-state index is 6.50. The molecule has 9 aromatic rings. The first-order valence-corrected chi connectivity index (χ1v) is 14.9. The summed E-state index contributed by atoms with van der Waals surface area (Å²) >= 11 is 0. The number of benzene rings is 6. The van der Waals surface area contributed by atoms with Crippen LogP contribution in [0, 0.1) is 0 Å². The number of rotatable bonds is 4. The van der Waals surface area contributed by atoms with Crippen molar-refractivity contribution < 1.29 is 4.42 Å². The molecule has 3 nitrogen and oxygen atoms in total. The summed E-state index contributed by atoms with van der Waals surface area (Å²) in [4.78, 5) is 5.36. The van der Waals surface area contributed by atoms with Crippen molar-refractivity contribution in [2.75, 3.05) is 0 Å². The molecular formula is C41H26N2O. The maximum atomic E-state index is 6.50. The molecule has 3 heterocycles. The number of hydrogen-bond acceptors (Lipinski definition) is 2. The Morgan fingerprint density at radius 1 is 0.432 bits per heavy atom. The van der Waals surface area contributed by atoms with Crippen molar-refractivity contribution in [3.63, 3.8) is 0 Å². The Kier molecular flexibility index (Phi) is 5.50. The molecule has 0 aliphatic heterocycles. The van der Waals surface area contributed by atoms with Crippen LogP contribution in [0.3, 0.4) is 0 Å². The van der Waals surface area contributed by atoms with E-state index in [0.29, 0.717) is 0 Å². The number of furan rings is 1. The van der Waals surface area contributed by atoms with Crippen LogP contribution in [0.5, 0.6) is 0 Å². The second kappa shape index (κ2) is 9.82. The van der Waals surface area contributed by atoms with Gasteiger partial charge in [0, 0.05) is 32.7 Å². The van der Waals surface area contributed by atoms with E-state index in [0.717, 1.165) is 66.7 Å². The minimum atomic E-state index is 0.869. The van der Waals surface area contributed by atoms with E-state index < -0.39 is 0 Å². The minimum absolute atomic E-state index is 0.869. The van der Waals surface area contributed by atoms with Gasteiger partial charge in [0.15, 0.2) is 0 Å². The molecule has 44 heavy (non-hydrogen) atoms. The summed E-state index contributed by atoms with van der Waals surface area (Å²) in [5.41, 5.74) is 10.4. The van der Waals surface area contributed by atoms with Crippen molar-refractivity contribution in [3.05, 3.63) is 158 Å². The van der Waals surface area contributed by atoms with Crippen molar-refractivity contribution in [2.45, 2.75) is 0 Å². The van der Waals surface area contributed by atoms with Crippen LogP contribution in [0.15, 0.2) is 162 Å². The molecule has 0 aliphatic carbocycles. The summed E-state index contributed by atoms with van der Waals surface area (Å²) in [7, 11) is 0. The lowest BCUT2D eigenvalue weighted by molar-refractivity contribution is 0.670. The Hall–Kier alpha value is -5.93. The number of aromatic nitrogens is 2. The van der Waals surface area contributed by atoms with Gasteiger partial charge in [-0.2, -0.15) is 0 Å². The van der Waals surface area contributed by atoms with Crippen LogP contribution in [-0.2, 0) is 0 Å². The molecule has 0 radical (unpaired) electrons. The van der Waals surface area contributed by atoms with E-state index in [-0.39, 0.29) is 0 Å². The Morgan fingerprint density at radius 3 is 1.84 bits per heavy atom. The van der Waals surface area contributed by atoms with Crippen LogP contribution in [0.1, 0.15) is 0 Å². The summed E-state index contributed by atoms with van der Waals surface area (Å²) in [6.07, 6.45) is 0. The Morgan fingerprint density at radius 2 is 1.05 bits per heavy atom. The normalized spacial score (nSPS) is 11.6. The molecule has 0 N–H and O–H groups in total. The van der Waals surface area contributed by atoms with Gasteiger partial charge < -0.3 is 4.42 Å². The van der Waals surface area contributed by atoms with Gasteiger partial charge in [0.2, 0.25) is 0 Å². The van der Waals surface area contributed by atoms with E-state index in [9.17, 15) is 0 Å². The van der Waals surface area contributed by atoms with Crippen LogP contribution in [0.4, 0.5) is 0 Å². The highest BCUT2D eigenvalue weighted by Crippen LogP contribution is 2.39. The molecule has 0 unspecified atom stereocenters. The van der Waals surface area contributed by atoms with Crippen molar-refractivity contribution in [2.24, 2.45) is 0 Å². The van der Waals surface area contributed by atoms with Gasteiger partial charge in [-0.25, -0.2) is 4.98 Å². The topological polar surface area (TPSA) is 31.0 Å². The molecule has 0 atom stereocenters. The highest BCUT2D eigenvalue weighted by atomic mass is 16.3. The van der Waals surface area contributed by atoms with E-state index in [1.165, 1.54) is 16.3 Å². The second-order valence-electron chi connectivity index (χ2n) is 11.2. The van der Waals surface area contributed by atoms with Crippen LogP contribution in [0.2, 0.25) is 0 Å². The average molecular weight is 563 g/mol. The predicted molar refractivity (Wildman–Crippen MR) is 182 cm³/mol. The summed E-state index contributed by atoms with van der Waals surface area (Å²) in [5, 5.41) is 4.65. The zero-order chi connectivity index (χ0) is 29.0. The van der Waals surface area contributed by atoms with Crippen molar-refractivity contribution in [1.29, 1.82) is 0 Å². The third-order valence-electron chi connectivity index (χ3n) is 8.60. The molecule has 9 rings (SSSR count). The average Bonchev–Trinajstić information content (AvgIpc) is 3.65. The Bertz CT molecular complexity index is 2450. The molecule has 3 heteroatoms. The van der Waals surface area contributed by atoms with E-state index in [2.05, 4.69) is 150 Å². The van der Waals surface area contributed by atoms with E-state index in [4.69, 9.17) is 9.40 Å². The number of fused-ring (bicyclic) bond motifs is 6. The Labute approximate surface area is 254 Å². The van der Waals surface area contributed by atoms with Crippen molar-refractivity contribution in [1.82, 2.24) is 9.55 Å². The van der Waals surface area contributed by atoms with Gasteiger partial charge in [0.1, 0.15) is 17.0 Å². The van der Waals surface area contributed by atoms with Crippen LogP contribution in [-0.4, -0.2) is 9.55 Å². The molecule has 206 valence electrons. The quantitative estimate of drug-likeness (QED) is 0.214. The lowest BCUT2D eigenvalue weighted by Gasteiger charge is -2.14. The molecular weight excluding hydrogens is 536 g/mol. The SMILES string of the molecule is c1ccc(-c2cccc(-c3cc(-c4cccc5c4oc4ccccc45)cc(-n4c5ccccc5c5ccccc54)n3)c2)cc1. The monoisotopic (exact) mass is 562 g/mol. The van der Waals surface area contributed by atoms with Crippen LogP contribution in [0.25, 0.3) is 83.1 Å². The van der Waals surface area contributed by atoms with Crippen molar-refractivity contribution in [3.8, 4) is 39.3 Å². The van der Waals surface area contributed by atoms with Crippen LogP contribution < -0.4 is 0 Å². The Balaban J connectivity index is 1.34. The summed E-state index contributed by atoms with van der Waals surface area (Å²) in [6.45, 7) is 0. The van der Waals surface area contributed by atoms with Crippen LogP contribution >= 0.6 is 0 Å². The van der Waals surface area contributed by atoms with Crippen molar-refractivity contribution >= 4 is 43.7 Å². The zero-order valence-corrected chi connectivity index (χ0v) is 23.8. The van der Waals surface area contributed by atoms with Gasteiger partial charge in [0.25, 0.3) is 0 Å². The lowest BCUT2D eigenvalue weighted by Crippen LogP contribution is -2.00. The predicted octanol–water partition coefficient (Wildman–Crippen LogP) is 11.1. The molecule has 0 amide bonds. The van der Waals surface area contributed by atoms with Gasteiger partial charge in [-0.15, -0.1) is 0 Å². The first-order chi connectivity index (χ1) is 21.8. The standard InChI is InChI=1S/C41H26N2O/c1-2-12-27(13-3-1)28-14-10-15-29(24-28)36-25-30(31-19-11-20-35-34-18-6-9-23-39(34)44-41(31)35)26-40(42-36)43-37-21-7-4-16-32(37)33-17-5-8-22-38(33)43/h1-26H. The van der Waals surface area contributed by atoms with Gasteiger partial charge in [-0.3, -0.25) is 4.57 Å². The summed E-state index contributed by atoms with van der Waals surface area (Å²) < 4.78 is 8.79. The molecule has 0 aliphatic rings. The fourth-order valence-electron chi connectivity index (χ4n) is 6.57. The number of hydrogen-bond donors (Lipinski definition) is 0. The highest BCUT2D eigenvalue weighted by molar-refractivity contribution is 6.11. The fourth-order valence-corrected chi connectivity index (χ4v) is 6.57. The van der Waals surface area contributed by atoms with Gasteiger partial charge >= 0.3 is 0 Å². The van der Waals surface area contributed by atoms with E-state index in [1.807, 2.05) is 12.1 Å². The zero-order valence-electron chi connectivity index (χ0n) is 23.8. The molecule has 3 aromatic heterocycles. The third-order valence-corrected chi connectivity index (χ3v) is 8.60. The first-order valence-electron chi connectivity index (χ1n) is 14.9. The summed E-state index contributed by atoms with van der Waals surface area (Å²) in [6, 6.07) is 55.4. The molecule has 0 bridgehead atoms. The van der Waals surface area contributed by atoms with Gasteiger partial charge in [-0.1, -0.05) is 121 Å². The second-order valence-corrected chi connectivity index (χ2v) is 11.2. The third kappa shape index (κ3) is 3.87. The minimum Gasteiger partial charge on any atom is -0.455 e. The number of pyridine rings is 1. The van der Waals surface area contributed by atoms with Gasteiger partial charge in [-0.05, 0) is 53.1 Å². The molecule has 0 fully saturated rings. The molecule has 0 saturated carbocycles. The molecule has 0 spiro atoms. The number of nitrogens with zero attached hydrogens (tertiary/aromatic N) is 2. The lowest BCUT2D eigenvalue weighted by atomic mass is 9.98.